The SMILES string of the molecule is c1ccc(-n2c3ccccc3c3ccc(N4c5cccc(c5)-c5cccc(c5)N(c5cccc6c5c5ccccc5n6-c5ccccc5)c5cccc(c5)-c5cccc4c5)cc32)cc1. The Morgan fingerprint density at radius 1 is 0.219 bits per heavy atom. The molecule has 0 saturated carbocycles. The number of hydrogen-bond acceptors (Lipinski definition) is 2. The summed E-state index contributed by atoms with van der Waals surface area (Å²) in [6.07, 6.45) is 0. The first kappa shape index (κ1) is 36.1. The zero-order valence-electron chi connectivity index (χ0n) is 34.9. The lowest BCUT2D eigenvalue weighted by Gasteiger charge is -2.29. The van der Waals surface area contributed by atoms with Gasteiger partial charge in [0, 0.05) is 61.4 Å². The van der Waals surface area contributed by atoms with Crippen molar-refractivity contribution in [2.24, 2.45) is 0 Å². The van der Waals surface area contributed by atoms with E-state index >= 15 is 0 Å². The van der Waals surface area contributed by atoms with E-state index in [-0.39, 0.29) is 0 Å². The molecule has 0 N–H and O–H groups in total. The highest BCUT2D eigenvalue weighted by Gasteiger charge is 2.23. The highest BCUT2D eigenvalue weighted by molar-refractivity contribution is 6.17. The molecule has 12 aromatic rings. The molecule has 0 amide bonds. The second kappa shape index (κ2) is 14.5. The largest absolute Gasteiger partial charge is 0.310 e. The molecule has 8 bridgehead atoms. The van der Waals surface area contributed by atoms with Crippen molar-refractivity contribution < 1.29 is 0 Å². The third-order valence-corrected chi connectivity index (χ3v) is 12.9. The number of anilines is 6. The van der Waals surface area contributed by atoms with Crippen LogP contribution in [-0.4, -0.2) is 9.13 Å². The highest BCUT2D eigenvalue weighted by Crippen LogP contribution is 2.47. The van der Waals surface area contributed by atoms with Crippen molar-refractivity contribution in [3.63, 3.8) is 0 Å². The van der Waals surface area contributed by atoms with Crippen LogP contribution in [0.25, 0.3) is 77.2 Å². The molecule has 4 nitrogen and oxygen atoms in total. The fraction of sp³-hybridized carbons (Fsp3) is 0. The Kier molecular flexibility index (Phi) is 8.18. The molecule has 1 aliphatic rings. The maximum atomic E-state index is 2.45. The summed E-state index contributed by atoms with van der Waals surface area (Å²) in [5.41, 5.74) is 18.1. The van der Waals surface area contributed by atoms with Crippen LogP contribution in [0.5, 0.6) is 0 Å². The topological polar surface area (TPSA) is 16.3 Å². The number of nitrogens with zero attached hydrogens (tertiary/aromatic N) is 4. The predicted octanol–water partition coefficient (Wildman–Crippen LogP) is 16.5. The van der Waals surface area contributed by atoms with E-state index in [9.17, 15) is 0 Å². The fourth-order valence-electron chi connectivity index (χ4n) is 10.2. The van der Waals surface area contributed by atoms with Crippen LogP contribution in [-0.2, 0) is 0 Å². The molecule has 0 radical (unpaired) electrons. The average molecular weight is 817 g/mol. The molecule has 4 heteroatoms. The first-order valence-corrected chi connectivity index (χ1v) is 21.9. The molecule has 64 heavy (non-hydrogen) atoms. The summed E-state index contributed by atoms with van der Waals surface area (Å²) in [4.78, 5) is 4.86. The first-order chi connectivity index (χ1) is 31.7. The van der Waals surface area contributed by atoms with Gasteiger partial charge in [-0.25, -0.2) is 0 Å². The van der Waals surface area contributed by atoms with Crippen LogP contribution in [0.15, 0.2) is 243 Å². The van der Waals surface area contributed by atoms with Crippen molar-refractivity contribution in [3.8, 4) is 33.6 Å². The molecule has 2 aromatic heterocycles. The lowest BCUT2D eigenvalue weighted by molar-refractivity contribution is 1.18. The monoisotopic (exact) mass is 816 g/mol. The maximum Gasteiger partial charge on any atom is 0.0562 e. The van der Waals surface area contributed by atoms with E-state index in [2.05, 4.69) is 262 Å². The van der Waals surface area contributed by atoms with Crippen molar-refractivity contribution in [1.29, 1.82) is 0 Å². The molecule has 3 heterocycles. The Morgan fingerprint density at radius 2 is 0.609 bits per heavy atom. The molecule has 1 aliphatic heterocycles. The van der Waals surface area contributed by atoms with Gasteiger partial charge < -0.3 is 18.9 Å². The van der Waals surface area contributed by atoms with Crippen molar-refractivity contribution in [3.05, 3.63) is 243 Å². The third-order valence-electron chi connectivity index (χ3n) is 12.9. The van der Waals surface area contributed by atoms with Gasteiger partial charge in [-0.05, 0) is 131 Å². The molecular formula is C60H40N4. The molecule has 0 saturated heterocycles. The van der Waals surface area contributed by atoms with Crippen molar-refractivity contribution in [2.45, 2.75) is 0 Å². The van der Waals surface area contributed by atoms with Gasteiger partial charge in [-0.2, -0.15) is 0 Å². The molecular weight excluding hydrogens is 777 g/mol. The summed E-state index contributed by atoms with van der Waals surface area (Å²) < 4.78 is 4.79. The summed E-state index contributed by atoms with van der Waals surface area (Å²) in [6, 6.07) is 88.7. The third kappa shape index (κ3) is 5.70. The maximum absolute atomic E-state index is 2.45. The summed E-state index contributed by atoms with van der Waals surface area (Å²) in [7, 11) is 0. The van der Waals surface area contributed by atoms with Gasteiger partial charge in [-0.3, -0.25) is 0 Å². The van der Waals surface area contributed by atoms with Gasteiger partial charge in [-0.1, -0.05) is 133 Å². The Balaban J connectivity index is 1.04. The van der Waals surface area contributed by atoms with Crippen LogP contribution in [0.3, 0.4) is 0 Å². The number of para-hydroxylation sites is 4. The van der Waals surface area contributed by atoms with Crippen molar-refractivity contribution >= 4 is 77.7 Å². The zero-order chi connectivity index (χ0) is 42.1. The Bertz CT molecular complexity index is 3660. The molecule has 300 valence electrons. The number of aromatic nitrogens is 2. The smallest absolute Gasteiger partial charge is 0.0562 e. The quantitative estimate of drug-likeness (QED) is 0.176. The van der Waals surface area contributed by atoms with Gasteiger partial charge in [0.05, 0.1) is 27.8 Å². The van der Waals surface area contributed by atoms with E-state index in [1.165, 1.54) is 43.6 Å². The fourth-order valence-corrected chi connectivity index (χ4v) is 10.2. The zero-order valence-corrected chi connectivity index (χ0v) is 34.9. The van der Waals surface area contributed by atoms with Gasteiger partial charge in [0.2, 0.25) is 0 Å². The molecule has 0 aliphatic carbocycles. The molecule has 10 aromatic carbocycles. The second-order valence-corrected chi connectivity index (χ2v) is 16.6. The Morgan fingerprint density at radius 3 is 1.17 bits per heavy atom. The van der Waals surface area contributed by atoms with Crippen LogP contribution in [0.4, 0.5) is 34.1 Å². The van der Waals surface area contributed by atoms with Crippen molar-refractivity contribution in [2.75, 3.05) is 9.80 Å². The van der Waals surface area contributed by atoms with Gasteiger partial charge in [-0.15, -0.1) is 0 Å². The van der Waals surface area contributed by atoms with Crippen LogP contribution >= 0.6 is 0 Å². The van der Waals surface area contributed by atoms with Crippen LogP contribution in [0.2, 0.25) is 0 Å². The minimum atomic E-state index is 1.09. The number of rotatable bonds is 4. The minimum absolute atomic E-state index is 1.09. The normalized spacial score (nSPS) is 12.3. The number of hydrogen-bond donors (Lipinski definition) is 0. The van der Waals surface area contributed by atoms with E-state index in [0.29, 0.717) is 0 Å². The van der Waals surface area contributed by atoms with E-state index in [4.69, 9.17) is 0 Å². The van der Waals surface area contributed by atoms with E-state index in [1.54, 1.807) is 0 Å². The Labute approximate surface area is 371 Å². The second-order valence-electron chi connectivity index (χ2n) is 16.6. The van der Waals surface area contributed by atoms with E-state index < -0.39 is 0 Å². The molecule has 0 atom stereocenters. The summed E-state index contributed by atoms with van der Waals surface area (Å²) in [5, 5.41) is 4.89. The van der Waals surface area contributed by atoms with E-state index in [0.717, 1.165) is 67.8 Å². The van der Waals surface area contributed by atoms with Gasteiger partial charge >= 0.3 is 0 Å². The lowest BCUT2D eigenvalue weighted by Crippen LogP contribution is -2.12. The van der Waals surface area contributed by atoms with Gasteiger partial charge in [0.15, 0.2) is 0 Å². The number of benzene rings is 10. The molecule has 0 unspecified atom stereocenters. The molecule has 0 fully saturated rings. The summed E-state index contributed by atoms with van der Waals surface area (Å²) >= 11 is 0. The highest BCUT2D eigenvalue weighted by atomic mass is 15.2. The summed E-state index contributed by atoms with van der Waals surface area (Å²) in [6.45, 7) is 0. The molecule has 0 spiro atoms. The first-order valence-electron chi connectivity index (χ1n) is 21.9. The van der Waals surface area contributed by atoms with Crippen LogP contribution in [0.1, 0.15) is 0 Å². The average Bonchev–Trinajstić information content (AvgIpc) is 3.88. The molecule has 13 rings (SSSR count). The number of fused-ring (bicyclic) bond motifs is 16. The lowest BCUT2D eigenvalue weighted by atomic mass is 9.99. The Hall–Kier alpha value is -8.60. The standard InChI is InChI=1S/C60H40N4/c1-3-20-45(21-4-1)63-56-31-10-8-29-54(56)60-57(32-15-33-58(60)63)62-49-26-13-18-43(38-49)41-16-11-24-47(36-41)61(48-25-12-17-42(37-48)44-19-14-27-50(62)39-44)51-34-35-53-52-28-7-9-30-55(52)64(59(53)40-51)46-22-5-2-6-23-46/h1-40H. The predicted molar refractivity (Wildman–Crippen MR) is 269 cm³/mol. The van der Waals surface area contributed by atoms with Crippen molar-refractivity contribution in [1.82, 2.24) is 9.13 Å². The van der Waals surface area contributed by atoms with E-state index in [1.807, 2.05) is 0 Å². The van der Waals surface area contributed by atoms with Gasteiger partial charge in [0.25, 0.3) is 0 Å². The summed E-state index contributed by atoms with van der Waals surface area (Å²) in [5.74, 6) is 0. The van der Waals surface area contributed by atoms with Crippen LogP contribution in [0, 0.1) is 0 Å². The van der Waals surface area contributed by atoms with Crippen LogP contribution < -0.4 is 9.80 Å². The van der Waals surface area contributed by atoms with Gasteiger partial charge in [0.1, 0.15) is 0 Å². The minimum Gasteiger partial charge on any atom is -0.310 e.